The summed E-state index contributed by atoms with van der Waals surface area (Å²) in [6.45, 7) is 0. The summed E-state index contributed by atoms with van der Waals surface area (Å²) >= 11 is 0. The van der Waals surface area contributed by atoms with Crippen LogP contribution in [0.5, 0.6) is 11.5 Å². The van der Waals surface area contributed by atoms with E-state index in [4.69, 9.17) is 15.2 Å². The molecule has 0 atom stereocenters. The molecule has 0 aromatic heterocycles. The molecule has 5 nitrogen and oxygen atoms in total. The number of nitrogens with one attached hydrogen (secondary N) is 1. The van der Waals surface area contributed by atoms with Crippen molar-refractivity contribution in [1.82, 2.24) is 0 Å². The average Bonchev–Trinajstić information content (AvgIpc) is 2.47. The van der Waals surface area contributed by atoms with Gasteiger partial charge in [-0.2, -0.15) is 0 Å². The van der Waals surface area contributed by atoms with Gasteiger partial charge in [0.2, 0.25) is 0 Å². The van der Waals surface area contributed by atoms with E-state index >= 15 is 0 Å². The molecule has 0 heterocycles. The zero-order chi connectivity index (χ0) is 14.5. The molecule has 104 valence electrons. The minimum atomic E-state index is -0.243. The molecule has 2 aromatic rings. The number of carbonyl (C=O) groups excluding carboxylic acids is 1. The van der Waals surface area contributed by atoms with Gasteiger partial charge in [-0.1, -0.05) is 6.07 Å². The van der Waals surface area contributed by atoms with Crippen molar-refractivity contribution in [2.24, 2.45) is 0 Å². The Bertz CT molecular complexity index is 626. The number of anilines is 2. The second kappa shape index (κ2) is 5.97. The van der Waals surface area contributed by atoms with Crippen molar-refractivity contribution >= 4 is 17.3 Å². The summed E-state index contributed by atoms with van der Waals surface area (Å²) < 4.78 is 10.2. The van der Waals surface area contributed by atoms with Gasteiger partial charge < -0.3 is 20.5 Å². The van der Waals surface area contributed by atoms with E-state index < -0.39 is 0 Å². The summed E-state index contributed by atoms with van der Waals surface area (Å²) in [7, 11) is 3.10. The summed E-state index contributed by atoms with van der Waals surface area (Å²) in [5.41, 5.74) is 7.33. The lowest BCUT2D eigenvalue weighted by Crippen LogP contribution is -2.12. The molecule has 0 bridgehead atoms. The number of rotatable bonds is 4. The molecule has 2 aromatic carbocycles. The number of hydrogen-bond acceptors (Lipinski definition) is 4. The zero-order valence-electron chi connectivity index (χ0n) is 11.3. The van der Waals surface area contributed by atoms with Crippen molar-refractivity contribution in [1.29, 1.82) is 0 Å². The number of nitrogens with two attached hydrogens (primary N) is 1. The van der Waals surface area contributed by atoms with E-state index in [0.29, 0.717) is 28.4 Å². The fraction of sp³-hybridized carbons (Fsp3) is 0.133. The van der Waals surface area contributed by atoms with Crippen LogP contribution in [0.2, 0.25) is 0 Å². The Balaban J connectivity index is 2.17. The smallest absolute Gasteiger partial charge is 0.255 e. The highest BCUT2D eigenvalue weighted by Gasteiger charge is 2.09. The molecule has 0 fully saturated rings. The van der Waals surface area contributed by atoms with Crippen molar-refractivity contribution in [2.45, 2.75) is 0 Å². The van der Waals surface area contributed by atoms with Crippen molar-refractivity contribution in [2.75, 3.05) is 25.3 Å². The molecule has 3 N–H and O–H groups in total. The van der Waals surface area contributed by atoms with Crippen LogP contribution in [-0.4, -0.2) is 20.1 Å². The van der Waals surface area contributed by atoms with Crippen molar-refractivity contribution in [3.8, 4) is 11.5 Å². The highest BCUT2D eigenvalue weighted by atomic mass is 16.5. The molecule has 0 aliphatic rings. The van der Waals surface area contributed by atoms with Crippen molar-refractivity contribution in [3.63, 3.8) is 0 Å². The number of amides is 1. The minimum absolute atomic E-state index is 0.243. The van der Waals surface area contributed by atoms with Gasteiger partial charge in [0, 0.05) is 17.3 Å². The molecule has 1 amide bonds. The van der Waals surface area contributed by atoms with E-state index in [1.165, 1.54) is 7.11 Å². The first-order chi connectivity index (χ1) is 9.63. The van der Waals surface area contributed by atoms with Crippen LogP contribution >= 0.6 is 0 Å². The number of carbonyl (C=O) groups is 1. The lowest BCUT2D eigenvalue weighted by molar-refractivity contribution is 0.102. The van der Waals surface area contributed by atoms with Crippen LogP contribution in [0.4, 0.5) is 11.4 Å². The van der Waals surface area contributed by atoms with Crippen LogP contribution in [0, 0.1) is 0 Å². The predicted octanol–water partition coefficient (Wildman–Crippen LogP) is 2.54. The van der Waals surface area contributed by atoms with Crippen LogP contribution in [0.25, 0.3) is 0 Å². The molecule has 0 aliphatic carbocycles. The average molecular weight is 272 g/mol. The molecular weight excluding hydrogens is 256 g/mol. The van der Waals surface area contributed by atoms with Gasteiger partial charge in [-0.05, 0) is 30.3 Å². The predicted molar refractivity (Wildman–Crippen MR) is 78.4 cm³/mol. The van der Waals surface area contributed by atoms with E-state index in [-0.39, 0.29) is 5.91 Å². The maximum atomic E-state index is 12.1. The molecule has 2 rings (SSSR count). The van der Waals surface area contributed by atoms with Gasteiger partial charge in [-0.3, -0.25) is 4.79 Å². The maximum Gasteiger partial charge on any atom is 0.255 e. The second-order valence-electron chi connectivity index (χ2n) is 4.14. The first-order valence-electron chi connectivity index (χ1n) is 6.03. The van der Waals surface area contributed by atoms with Crippen molar-refractivity contribution in [3.05, 3.63) is 48.0 Å². The van der Waals surface area contributed by atoms with Crippen LogP contribution < -0.4 is 20.5 Å². The van der Waals surface area contributed by atoms with Crippen molar-refractivity contribution < 1.29 is 14.3 Å². The normalized spacial score (nSPS) is 9.90. The summed E-state index contributed by atoms with van der Waals surface area (Å²) in [5, 5.41) is 2.78. The summed E-state index contributed by atoms with van der Waals surface area (Å²) in [6.07, 6.45) is 0. The fourth-order valence-corrected chi connectivity index (χ4v) is 1.78. The van der Waals surface area contributed by atoms with E-state index in [1.807, 2.05) is 0 Å². The first kappa shape index (κ1) is 13.7. The SMILES string of the molecule is COc1cccc(NC(=O)c2ccc(OC)c(N)c2)c1. The van der Waals surface area contributed by atoms with E-state index in [1.54, 1.807) is 49.6 Å². The topological polar surface area (TPSA) is 73.6 Å². The Morgan fingerprint density at radius 3 is 2.55 bits per heavy atom. The number of methoxy groups -OCH3 is 2. The standard InChI is InChI=1S/C15H16N2O3/c1-19-12-5-3-4-11(9-12)17-15(18)10-6-7-14(20-2)13(16)8-10/h3-9H,16H2,1-2H3,(H,17,18). The molecule has 0 saturated carbocycles. The summed E-state index contributed by atoms with van der Waals surface area (Å²) in [6, 6.07) is 12.0. The first-order valence-corrected chi connectivity index (χ1v) is 6.03. The fourth-order valence-electron chi connectivity index (χ4n) is 1.78. The Morgan fingerprint density at radius 2 is 1.90 bits per heavy atom. The Hall–Kier alpha value is -2.69. The molecule has 0 spiro atoms. The molecule has 0 aliphatic heterocycles. The van der Waals surface area contributed by atoms with Gasteiger partial charge in [0.25, 0.3) is 5.91 Å². The van der Waals surface area contributed by atoms with Crippen LogP contribution in [0.15, 0.2) is 42.5 Å². The number of ether oxygens (including phenoxy) is 2. The summed E-state index contributed by atoms with van der Waals surface area (Å²) in [5.74, 6) is 0.979. The maximum absolute atomic E-state index is 12.1. The molecule has 5 heteroatoms. The number of benzene rings is 2. The van der Waals surface area contributed by atoms with Gasteiger partial charge in [0.05, 0.1) is 19.9 Å². The second-order valence-corrected chi connectivity index (χ2v) is 4.14. The van der Waals surface area contributed by atoms with Crippen LogP contribution in [0.1, 0.15) is 10.4 Å². The number of hydrogen-bond donors (Lipinski definition) is 2. The Morgan fingerprint density at radius 1 is 1.10 bits per heavy atom. The molecule has 0 saturated heterocycles. The third-order valence-corrected chi connectivity index (χ3v) is 2.82. The van der Waals surface area contributed by atoms with Crippen LogP contribution in [0.3, 0.4) is 0 Å². The zero-order valence-corrected chi connectivity index (χ0v) is 11.3. The van der Waals surface area contributed by atoms with E-state index in [0.717, 1.165) is 0 Å². The van der Waals surface area contributed by atoms with Gasteiger partial charge in [-0.15, -0.1) is 0 Å². The highest BCUT2D eigenvalue weighted by molar-refractivity contribution is 6.05. The van der Waals surface area contributed by atoms with E-state index in [2.05, 4.69) is 5.32 Å². The van der Waals surface area contributed by atoms with E-state index in [9.17, 15) is 4.79 Å². The third-order valence-electron chi connectivity index (χ3n) is 2.82. The Labute approximate surface area is 117 Å². The monoisotopic (exact) mass is 272 g/mol. The minimum Gasteiger partial charge on any atom is -0.497 e. The Kier molecular flexibility index (Phi) is 4.10. The highest BCUT2D eigenvalue weighted by Crippen LogP contribution is 2.23. The molecule has 20 heavy (non-hydrogen) atoms. The molecular formula is C15H16N2O3. The van der Waals surface area contributed by atoms with Gasteiger partial charge >= 0.3 is 0 Å². The lowest BCUT2D eigenvalue weighted by atomic mass is 10.1. The largest absolute Gasteiger partial charge is 0.497 e. The van der Waals surface area contributed by atoms with Gasteiger partial charge in [0.1, 0.15) is 11.5 Å². The number of nitrogen functional groups attached to an aromatic ring is 1. The summed E-state index contributed by atoms with van der Waals surface area (Å²) in [4.78, 5) is 12.1. The quantitative estimate of drug-likeness (QED) is 0.839. The van der Waals surface area contributed by atoms with Gasteiger partial charge in [-0.25, -0.2) is 0 Å². The molecule has 0 unspecified atom stereocenters. The molecule has 0 radical (unpaired) electrons. The lowest BCUT2D eigenvalue weighted by Gasteiger charge is -2.09. The van der Waals surface area contributed by atoms with Crippen LogP contribution in [-0.2, 0) is 0 Å². The third kappa shape index (κ3) is 3.00. The van der Waals surface area contributed by atoms with Gasteiger partial charge in [0.15, 0.2) is 0 Å².